The Kier molecular flexibility index (Phi) is 2.17. The van der Waals surface area contributed by atoms with Gasteiger partial charge in [-0.25, -0.2) is 13.2 Å². The highest BCUT2D eigenvalue weighted by atomic mass is 19.2. The molecule has 64 valence electrons. The van der Waals surface area contributed by atoms with E-state index in [2.05, 4.69) is 0 Å². The average molecular weight is 174 g/mol. The van der Waals surface area contributed by atoms with Gasteiger partial charge in [-0.15, -0.1) is 0 Å². The predicted molar refractivity (Wildman–Crippen MR) is 36.4 cm³/mol. The van der Waals surface area contributed by atoms with Gasteiger partial charge in [0, 0.05) is 5.56 Å². The van der Waals surface area contributed by atoms with Crippen molar-refractivity contribution in [1.82, 2.24) is 0 Å². The zero-order valence-corrected chi connectivity index (χ0v) is 6.20. The molecule has 1 rings (SSSR count). The maximum atomic E-state index is 12.8. The number of carbonyl (C=O) groups is 1. The lowest BCUT2D eigenvalue weighted by Crippen LogP contribution is -1.98. The Morgan fingerprint density at radius 2 is 1.83 bits per heavy atom. The zero-order chi connectivity index (χ0) is 9.30. The highest BCUT2D eigenvalue weighted by Gasteiger charge is 2.14. The fraction of sp³-hybridized carbons (Fsp3) is 0.125. The van der Waals surface area contributed by atoms with Crippen LogP contribution < -0.4 is 0 Å². The largest absolute Gasteiger partial charge is 0.298 e. The van der Waals surface area contributed by atoms with E-state index in [1.54, 1.807) is 0 Å². The lowest BCUT2D eigenvalue weighted by molar-refractivity contribution is 0.111. The second kappa shape index (κ2) is 2.97. The summed E-state index contributed by atoms with van der Waals surface area (Å²) in [4.78, 5) is 10.1. The van der Waals surface area contributed by atoms with Crippen molar-refractivity contribution in [3.63, 3.8) is 0 Å². The van der Waals surface area contributed by atoms with E-state index in [0.717, 1.165) is 6.92 Å². The molecular formula is C8H5F3O. The van der Waals surface area contributed by atoms with E-state index in [0.29, 0.717) is 6.07 Å². The number of hydrogen-bond donors (Lipinski definition) is 0. The number of carbonyl (C=O) groups excluding carboxylic acids is 1. The summed E-state index contributed by atoms with van der Waals surface area (Å²) >= 11 is 0. The molecule has 0 heterocycles. The Hall–Kier alpha value is -1.32. The minimum absolute atomic E-state index is 0.144. The third kappa shape index (κ3) is 1.20. The fourth-order valence-electron chi connectivity index (χ4n) is 0.841. The number of hydrogen-bond acceptors (Lipinski definition) is 1. The van der Waals surface area contributed by atoms with Crippen LogP contribution in [0.15, 0.2) is 6.07 Å². The van der Waals surface area contributed by atoms with Crippen molar-refractivity contribution in [1.29, 1.82) is 0 Å². The average Bonchev–Trinajstić information content (AvgIpc) is 2.08. The normalized spacial score (nSPS) is 10.0. The second-order valence-corrected chi connectivity index (χ2v) is 2.32. The molecule has 0 aliphatic heterocycles. The Labute approximate surface area is 66.8 Å². The second-order valence-electron chi connectivity index (χ2n) is 2.32. The Morgan fingerprint density at radius 3 is 2.33 bits per heavy atom. The minimum Gasteiger partial charge on any atom is -0.298 e. The molecule has 0 saturated heterocycles. The fourth-order valence-corrected chi connectivity index (χ4v) is 0.841. The van der Waals surface area contributed by atoms with E-state index in [-0.39, 0.29) is 6.29 Å². The summed E-state index contributed by atoms with van der Waals surface area (Å²) in [6.07, 6.45) is 0.144. The summed E-state index contributed by atoms with van der Waals surface area (Å²) in [5.41, 5.74) is -0.941. The molecule has 0 atom stereocenters. The SMILES string of the molecule is Cc1c(F)c(F)cc(C=O)c1F. The molecule has 0 radical (unpaired) electrons. The first-order valence-electron chi connectivity index (χ1n) is 3.17. The third-order valence-electron chi connectivity index (χ3n) is 1.53. The van der Waals surface area contributed by atoms with Crippen molar-refractivity contribution in [2.45, 2.75) is 6.92 Å². The summed E-state index contributed by atoms with van der Waals surface area (Å²) in [5, 5.41) is 0. The maximum absolute atomic E-state index is 12.8. The van der Waals surface area contributed by atoms with Gasteiger partial charge in [0.15, 0.2) is 17.9 Å². The van der Waals surface area contributed by atoms with E-state index in [1.807, 2.05) is 0 Å². The molecule has 0 N–H and O–H groups in total. The van der Waals surface area contributed by atoms with E-state index >= 15 is 0 Å². The quantitative estimate of drug-likeness (QED) is 0.471. The molecule has 0 bridgehead atoms. The van der Waals surface area contributed by atoms with Crippen LogP contribution in [0.3, 0.4) is 0 Å². The van der Waals surface area contributed by atoms with Crippen molar-refractivity contribution in [2.24, 2.45) is 0 Å². The van der Waals surface area contributed by atoms with Gasteiger partial charge < -0.3 is 0 Å². The van der Waals surface area contributed by atoms with Crippen molar-refractivity contribution in [2.75, 3.05) is 0 Å². The van der Waals surface area contributed by atoms with Crippen LogP contribution in [-0.2, 0) is 0 Å². The minimum atomic E-state index is -1.25. The molecule has 1 nitrogen and oxygen atoms in total. The van der Waals surface area contributed by atoms with Gasteiger partial charge in [-0.1, -0.05) is 0 Å². The Bertz CT molecular complexity index is 334. The molecule has 1 aromatic carbocycles. The lowest BCUT2D eigenvalue weighted by atomic mass is 10.1. The number of halogens is 3. The van der Waals surface area contributed by atoms with Crippen LogP contribution in [0.25, 0.3) is 0 Å². The van der Waals surface area contributed by atoms with Crippen LogP contribution in [-0.4, -0.2) is 6.29 Å². The van der Waals surface area contributed by atoms with Crippen LogP contribution >= 0.6 is 0 Å². The molecule has 0 spiro atoms. The number of rotatable bonds is 1. The van der Waals surface area contributed by atoms with Gasteiger partial charge in [-0.3, -0.25) is 4.79 Å². The first kappa shape index (κ1) is 8.77. The van der Waals surface area contributed by atoms with Crippen molar-refractivity contribution in [3.05, 3.63) is 34.6 Å². The van der Waals surface area contributed by atoms with E-state index < -0.39 is 28.6 Å². The molecule has 1 aromatic rings. The molecule has 0 aliphatic rings. The van der Waals surface area contributed by atoms with Crippen LogP contribution in [0.2, 0.25) is 0 Å². The van der Waals surface area contributed by atoms with Crippen LogP contribution in [0.4, 0.5) is 13.2 Å². The van der Waals surface area contributed by atoms with Crippen LogP contribution in [0.5, 0.6) is 0 Å². The summed E-state index contributed by atoms with van der Waals surface area (Å²) in [6, 6.07) is 0.532. The van der Waals surface area contributed by atoms with E-state index in [9.17, 15) is 18.0 Å². The predicted octanol–water partition coefficient (Wildman–Crippen LogP) is 2.22. The molecule has 0 saturated carbocycles. The Balaban J connectivity index is 3.49. The molecule has 0 fully saturated rings. The standard InChI is InChI=1S/C8H5F3O/c1-4-7(10)5(3-12)2-6(9)8(4)11/h2-3H,1H3. The maximum Gasteiger partial charge on any atom is 0.164 e. The van der Waals surface area contributed by atoms with Gasteiger partial charge in [0.05, 0.1) is 5.56 Å². The molecule has 0 aliphatic carbocycles. The van der Waals surface area contributed by atoms with Gasteiger partial charge >= 0.3 is 0 Å². The first-order valence-corrected chi connectivity index (χ1v) is 3.17. The van der Waals surface area contributed by atoms with Crippen LogP contribution in [0, 0.1) is 24.4 Å². The summed E-state index contributed by atoms with van der Waals surface area (Å²) in [7, 11) is 0. The van der Waals surface area contributed by atoms with Gasteiger partial charge in [-0.2, -0.15) is 0 Å². The number of benzene rings is 1. The smallest absolute Gasteiger partial charge is 0.164 e. The molecule has 0 amide bonds. The summed E-state index contributed by atoms with van der Waals surface area (Å²) in [6.45, 7) is 1.07. The van der Waals surface area contributed by atoms with Gasteiger partial charge in [0.2, 0.25) is 0 Å². The highest BCUT2D eigenvalue weighted by molar-refractivity contribution is 5.75. The Morgan fingerprint density at radius 1 is 1.25 bits per heavy atom. The van der Waals surface area contributed by atoms with Gasteiger partial charge in [0.1, 0.15) is 5.82 Å². The van der Waals surface area contributed by atoms with Gasteiger partial charge in [0.25, 0.3) is 0 Å². The zero-order valence-electron chi connectivity index (χ0n) is 6.20. The molecule has 12 heavy (non-hydrogen) atoms. The topological polar surface area (TPSA) is 17.1 Å². The highest BCUT2D eigenvalue weighted by Crippen LogP contribution is 2.17. The monoisotopic (exact) mass is 174 g/mol. The first-order chi connectivity index (χ1) is 5.57. The molecular weight excluding hydrogens is 169 g/mol. The van der Waals surface area contributed by atoms with E-state index in [4.69, 9.17) is 0 Å². The van der Waals surface area contributed by atoms with Gasteiger partial charge in [-0.05, 0) is 13.0 Å². The number of aldehydes is 1. The lowest BCUT2D eigenvalue weighted by Gasteiger charge is -2.01. The van der Waals surface area contributed by atoms with Crippen molar-refractivity contribution >= 4 is 6.29 Å². The summed E-state index contributed by atoms with van der Waals surface area (Å²) < 4.78 is 37.9. The van der Waals surface area contributed by atoms with Crippen molar-refractivity contribution < 1.29 is 18.0 Å². The molecule has 0 aromatic heterocycles. The van der Waals surface area contributed by atoms with Crippen molar-refractivity contribution in [3.8, 4) is 0 Å². The van der Waals surface area contributed by atoms with E-state index in [1.165, 1.54) is 0 Å². The third-order valence-corrected chi connectivity index (χ3v) is 1.53. The van der Waals surface area contributed by atoms with Crippen LogP contribution in [0.1, 0.15) is 15.9 Å². The summed E-state index contributed by atoms with van der Waals surface area (Å²) in [5.74, 6) is -3.47. The molecule has 4 heteroatoms. The molecule has 0 unspecified atom stereocenters.